The van der Waals surface area contributed by atoms with Gasteiger partial charge in [-0.3, -0.25) is 4.79 Å². The van der Waals surface area contributed by atoms with Gasteiger partial charge in [-0.25, -0.2) is 4.39 Å². The number of ketones is 1. The molecule has 21 heavy (non-hydrogen) atoms. The Hall–Kier alpha value is -2.16. The molecule has 0 fully saturated rings. The predicted molar refractivity (Wildman–Crippen MR) is 81.3 cm³/mol. The molecule has 2 aromatic carbocycles. The van der Waals surface area contributed by atoms with Crippen LogP contribution < -0.4 is 4.74 Å². The van der Waals surface area contributed by atoms with Gasteiger partial charge in [0.05, 0.1) is 12.2 Å². The van der Waals surface area contributed by atoms with E-state index in [2.05, 4.69) is 12.1 Å². The summed E-state index contributed by atoms with van der Waals surface area (Å²) in [7, 11) is 0. The Bertz CT molecular complexity index is 593. The minimum Gasteiger partial charge on any atom is -0.493 e. The van der Waals surface area contributed by atoms with E-state index in [0.29, 0.717) is 12.4 Å². The van der Waals surface area contributed by atoms with E-state index >= 15 is 0 Å². The second-order valence-electron chi connectivity index (χ2n) is 4.99. The van der Waals surface area contributed by atoms with Crippen molar-refractivity contribution in [2.24, 2.45) is 0 Å². The summed E-state index contributed by atoms with van der Waals surface area (Å²) >= 11 is 0. The fraction of sp³-hybridized carbons (Fsp3) is 0.278. The molecule has 2 rings (SSSR count). The zero-order valence-electron chi connectivity index (χ0n) is 12.1. The molecule has 2 aromatic rings. The first-order valence-electron chi connectivity index (χ1n) is 7.14. The lowest BCUT2D eigenvalue weighted by molar-refractivity contribution is 0.101. The second-order valence-corrected chi connectivity index (χ2v) is 4.99. The maximum atomic E-state index is 13.6. The van der Waals surface area contributed by atoms with E-state index in [1.807, 2.05) is 18.2 Å². The first kappa shape index (κ1) is 15.2. The number of hydrogen-bond donors (Lipinski definition) is 0. The Kier molecular flexibility index (Phi) is 5.50. The Morgan fingerprint density at radius 1 is 1.10 bits per heavy atom. The van der Waals surface area contributed by atoms with Gasteiger partial charge in [0.1, 0.15) is 11.6 Å². The van der Waals surface area contributed by atoms with E-state index in [-0.39, 0.29) is 11.3 Å². The van der Waals surface area contributed by atoms with Crippen molar-refractivity contribution in [1.82, 2.24) is 0 Å². The van der Waals surface area contributed by atoms with Crippen LogP contribution in [0.15, 0.2) is 48.5 Å². The third kappa shape index (κ3) is 4.71. The molecule has 0 heterocycles. The predicted octanol–water partition coefficient (Wildman–Crippen LogP) is 4.43. The Morgan fingerprint density at radius 2 is 1.86 bits per heavy atom. The molecule has 0 spiro atoms. The lowest BCUT2D eigenvalue weighted by Crippen LogP contribution is -2.01. The molecule has 0 unspecified atom stereocenters. The smallest absolute Gasteiger partial charge is 0.162 e. The van der Waals surface area contributed by atoms with Gasteiger partial charge in [-0.15, -0.1) is 0 Å². The molecule has 2 nitrogen and oxygen atoms in total. The number of aryl methyl sites for hydroxylation is 1. The molecule has 0 bridgehead atoms. The van der Waals surface area contributed by atoms with Crippen LogP contribution in [0.25, 0.3) is 0 Å². The summed E-state index contributed by atoms with van der Waals surface area (Å²) in [6.07, 6.45) is 2.95. The number of carbonyl (C=O) groups is 1. The second kappa shape index (κ2) is 7.58. The Balaban J connectivity index is 1.74. The number of ether oxygens (including phenoxy) is 1. The van der Waals surface area contributed by atoms with Gasteiger partial charge in [0.2, 0.25) is 0 Å². The first-order valence-corrected chi connectivity index (χ1v) is 7.14. The van der Waals surface area contributed by atoms with Crippen molar-refractivity contribution in [1.29, 1.82) is 0 Å². The van der Waals surface area contributed by atoms with Crippen LogP contribution >= 0.6 is 0 Å². The standard InChI is InChI=1S/C18H19FO2/c1-14(20)17-11-10-16(13-18(17)19)21-12-6-5-9-15-7-3-2-4-8-15/h2-4,7-8,10-11,13H,5-6,9,12H2,1H3. The summed E-state index contributed by atoms with van der Waals surface area (Å²) in [5.41, 5.74) is 1.42. The van der Waals surface area contributed by atoms with Crippen molar-refractivity contribution in [2.45, 2.75) is 26.2 Å². The van der Waals surface area contributed by atoms with Gasteiger partial charge >= 0.3 is 0 Å². The van der Waals surface area contributed by atoms with Crippen LogP contribution in [0.4, 0.5) is 4.39 Å². The summed E-state index contributed by atoms with van der Waals surface area (Å²) in [6, 6.07) is 14.7. The average Bonchev–Trinajstić information content (AvgIpc) is 2.47. The van der Waals surface area contributed by atoms with E-state index < -0.39 is 5.82 Å². The van der Waals surface area contributed by atoms with Gasteiger partial charge in [-0.2, -0.15) is 0 Å². The van der Waals surface area contributed by atoms with Gasteiger partial charge in [-0.1, -0.05) is 30.3 Å². The van der Waals surface area contributed by atoms with Crippen LogP contribution in [-0.2, 0) is 6.42 Å². The largest absolute Gasteiger partial charge is 0.493 e. The van der Waals surface area contributed by atoms with Crippen molar-refractivity contribution in [3.8, 4) is 5.75 Å². The van der Waals surface area contributed by atoms with Crippen LogP contribution in [0.2, 0.25) is 0 Å². The van der Waals surface area contributed by atoms with Crippen molar-refractivity contribution in [3.05, 3.63) is 65.5 Å². The molecule has 3 heteroatoms. The van der Waals surface area contributed by atoms with Gasteiger partial charge < -0.3 is 4.74 Å². The number of unbranched alkanes of at least 4 members (excludes halogenated alkanes) is 1. The number of halogens is 1. The summed E-state index contributed by atoms with van der Waals surface area (Å²) in [6.45, 7) is 1.90. The molecule has 0 aliphatic rings. The van der Waals surface area contributed by atoms with Gasteiger partial charge in [0.15, 0.2) is 5.78 Å². The third-order valence-corrected chi connectivity index (χ3v) is 3.29. The maximum absolute atomic E-state index is 13.6. The molecule has 0 aromatic heterocycles. The Morgan fingerprint density at radius 3 is 2.52 bits per heavy atom. The molecule has 0 atom stereocenters. The molecule has 0 saturated heterocycles. The van der Waals surface area contributed by atoms with Crippen molar-refractivity contribution in [2.75, 3.05) is 6.61 Å². The normalized spacial score (nSPS) is 10.4. The molecular formula is C18H19FO2. The monoisotopic (exact) mass is 286 g/mol. The molecule has 0 saturated carbocycles. The number of hydrogen-bond acceptors (Lipinski definition) is 2. The highest BCUT2D eigenvalue weighted by molar-refractivity contribution is 5.94. The summed E-state index contributed by atoms with van der Waals surface area (Å²) in [4.78, 5) is 11.1. The van der Waals surface area contributed by atoms with Crippen molar-refractivity contribution >= 4 is 5.78 Å². The number of benzene rings is 2. The number of carbonyl (C=O) groups excluding carboxylic acids is 1. The molecule has 0 amide bonds. The van der Waals surface area contributed by atoms with E-state index in [1.54, 1.807) is 6.07 Å². The summed E-state index contributed by atoms with van der Waals surface area (Å²) < 4.78 is 19.1. The molecule has 0 aliphatic heterocycles. The Labute approximate surface area is 124 Å². The lowest BCUT2D eigenvalue weighted by Gasteiger charge is -2.07. The first-order chi connectivity index (χ1) is 10.2. The third-order valence-electron chi connectivity index (χ3n) is 3.29. The molecule has 110 valence electrons. The topological polar surface area (TPSA) is 26.3 Å². The zero-order chi connectivity index (χ0) is 15.1. The van der Waals surface area contributed by atoms with Crippen LogP contribution in [0.3, 0.4) is 0 Å². The van der Waals surface area contributed by atoms with Crippen LogP contribution in [0.5, 0.6) is 5.75 Å². The van der Waals surface area contributed by atoms with E-state index in [0.717, 1.165) is 19.3 Å². The minimum absolute atomic E-state index is 0.103. The highest BCUT2D eigenvalue weighted by Crippen LogP contribution is 2.17. The van der Waals surface area contributed by atoms with Crippen molar-refractivity contribution < 1.29 is 13.9 Å². The average molecular weight is 286 g/mol. The number of Topliss-reactive ketones (excluding diaryl/α,β-unsaturated/α-hetero) is 1. The van der Waals surface area contributed by atoms with Crippen LogP contribution in [-0.4, -0.2) is 12.4 Å². The van der Waals surface area contributed by atoms with Crippen LogP contribution in [0, 0.1) is 5.82 Å². The zero-order valence-corrected chi connectivity index (χ0v) is 12.1. The molecular weight excluding hydrogens is 267 g/mol. The van der Waals surface area contributed by atoms with E-state index in [9.17, 15) is 9.18 Å². The quantitative estimate of drug-likeness (QED) is 0.556. The van der Waals surface area contributed by atoms with Gasteiger partial charge in [0, 0.05) is 6.07 Å². The number of rotatable bonds is 7. The van der Waals surface area contributed by atoms with E-state index in [1.165, 1.54) is 24.6 Å². The summed E-state index contributed by atoms with van der Waals surface area (Å²) in [5, 5.41) is 0. The molecule has 0 radical (unpaired) electrons. The highest BCUT2D eigenvalue weighted by Gasteiger charge is 2.08. The minimum atomic E-state index is -0.524. The fourth-order valence-electron chi connectivity index (χ4n) is 2.14. The van der Waals surface area contributed by atoms with Crippen molar-refractivity contribution in [3.63, 3.8) is 0 Å². The van der Waals surface area contributed by atoms with Crippen LogP contribution in [0.1, 0.15) is 35.7 Å². The van der Waals surface area contributed by atoms with Gasteiger partial charge in [-0.05, 0) is 43.9 Å². The summed E-state index contributed by atoms with van der Waals surface area (Å²) in [5.74, 6) is -0.330. The SMILES string of the molecule is CC(=O)c1ccc(OCCCCc2ccccc2)cc1F. The maximum Gasteiger partial charge on any atom is 0.162 e. The van der Waals surface area contributed by atoms with Gasteiger partial charge in [0.25, 0.3) is 0 Å². The molecule has 0 aliphatic carbocycles. The van der Waals surface area contributed by atoms with E-state index in [4.69, 9.17) is 4.74 Å². The fourth-order valence-corrected chi connectivity index (χ4v) is 2.14. The lowest BCUT2D eigenvalue weighted by atomic mass is 10.1. The highest BCUT2D eigenvalue weighted by atomic mass is 19.1. The molecule has 0 N–H and O–H groups in total.